The zero-order valence-electron chi connectivity index (χ0n) is 11.6. The van der Waals surface area contributed by atoms with E-state index in [0.717, 1.165) is 22.2 Å². The fraction of sp³-hybridized carbons (Fsp3) is 0.250. The van der Waals surface area contributed by atoms with E-state index >= 15 is 0 Å². The molecule has 0 aliphatic heterocycles. The van der Waals surface area contributed by atoms with Gasteiger partial charge in [-0.3, -0.25) is 4.98 Å². The van der Waals surface area contributed by atoms with Crippen molar-refractivity contribution >= 4 is 28.5 Å². The van der Waals surface area contributed by atoms with Crippen LogP contribution in [-0.4, -0.2) is 17.6 Å². The number of carbonyl (C=O) groups is 1. The van der Waals surface area contributed by atoms with E-state index in [-0.39, 0.29) is 5.97 Å². The number of hydrogen-bond donors (Lipinski definition) is 0. The maximum Gasteiger partial charge on any atom is 0.339 e. The number of carbonyl (C=O) groups excluding carboxylic acids is 1. The van der Waals surface area contributed by atoms with E-state index in [1.54, 1.807) is 25.1 Å². The van der Waals surface area contributed by atoms with Crippen LogP contribution in [0.25, 0.3) is 10.9 Å². The lowest BCUT2D eigenvalue weighted by Crippen LogP contribution is -2.11. The third kappa shape index (κ3) is 2.68. The maximum absolute atomic E-state index is 12.3. The zero-order chi connectivity index (χ0) is 14.7. The number of fused-ring (bicyclic) bond motifs is 1. The van der Waals surface area contributed by atoms with E-state index < -0.39 is 0 Å². The Morgan fingerprint density at radius 1 is 1.50 bits per heavy atom. The number of esters is 1. The molecular weight excluding hydrogens is 274 g/mol. The van der Waals surface area contributed by atoms with Gasteiger partial charge in [-0.1, -0.05) is 17.7 Å². The maximum atomic E-state index is 12.3. The molecule has 1 aromatic heterocycles. The summed E-state index contributed by atoms with van der Waals surface area (Å²) in [6.07, 6.45) is 2.32. The second-order valence-corrected chi connectivity index (χ2v) is 4.86. The van der Waals surface area contributed by atoms with Crippen LogP contribution in [0.2, 0.25) is 5.02 Å². The average molecular weight is 290 g/mol. The van der Waals surface area contributed by atoms with Crippen molar-refractivity contribution in [2.45, 2.75) is 20.3 Å². The van der Waals surface area contributed by atoms with Crippen molar-refractivity contribution in [3.05, 3.63) is 52.7 Å². The number of hydrogen-bond acceptors (Lipinski definition) is 3. The molecule has 0 amide bonds. The summed E-state index contributed by atoms with van der Waals surface area (Å²) in [5, 5.41) is 1.29. The second-order valence-electron chi connectivity index (χ2n) is 4.43. The summed E-state index contributed by atoms with van der Waals surface area (Å²) in [5.74, 6) is -0.345. The topological polar surface area (TPSA) is 39.2 Å². The van der Waals surface area contributed by atoms with Gasteiger partial charge in [0.2, 0.25) is 0 Å². The van der Waals surface area contributed by atoms with E-state index in [0.29, 0.717) is 23.6 Å². The molecule has 0 N–H and O–H groups in total. The number of benzene rings is 1. The van der Waals surface area contributed by atoms with Crippen molar-refractivity contribution in [3.63, 3.8) is 0 Å². The van der Waals surface area contributed by atoms with Crippen LogP contribution in [0.1, 0.15) is 28.5 Å². The van der Waals surface area contributed by atoms with E-state index in [2.05, 4.69) is 11.6 Å². The molecule has 0 saturated carbocycles. The fourth-order valence-corrected chi connectivity index (χ4v) is 2.40. The summed E-state index contributed by atoms with van der Waals surface area (Å²) < 4.78 is 5.17. The van der Waals surface area contributed by atoms with Crippen LogP contribution in [0.3, 0.4) is 0 Å². The van der Waals surface area contributed by atoms with Gasteiger partial charge in [-0.2, -0.15) is 0 Å². The van der Waals surface area contributed by atoms with Crippen LogP contribution in [0.15, 0.2) is 30.9 Å². The first-order chi connectivity index (χ1) is 9.58. The Kier molecular flexibility index (Phi) is 4.40. The van der Waals surface area contributed by atoms with Gasteiger partial charge in [-0.05, 0) is 44.0 Å². The van der Waals surface area contributed by atoms with Crippen molar-refractivity contribution in [2.75, 3.05) is 6.61 Å². The molecule has 0 spiro atoms. The quantitative estimate of drug-likeness (QED) is 0.628. The largest absolute Gasteiger partial charge is 0.462 e. The lowest BCUT2D eigenvalue weighted by atomic mass is 9.98. The van der Waals surface area contributed by atoms with Crippen molar-refractivity contribution in [3.8, 4) is 0 Å². The molecule has 1 aromatic carbocycles. The van der Waals surface area contributed by atoms with Gasteiger partial charge >= 0.3 is 5.97 Å². The monoisotopic (exact) mass is 289 g/mol. The molecule has 0 unspecified atom stereocenters. The molecule has 2 rings (SSSR count). The van der Waals surface area contributed by atoms with E-state index in [1.165, 1.54) is 0 Å². The first-order valence-corrected chi connectivity index (χ1v) is 6.83. The summed E-state index contributed by atoms with van der Waals surface area (Å²) in [7, 11) is 0. The average Bonchev–Trinajstić information content (AvgIpc) is 2.40. The Bertz CT molecular complexity index is 680. The van der Waals surface area contributed by atoms with Crippen molar-refractivity contribution in [1.82, 2.24) is 4.98 Å². The lowest BCUT2D eigenvalue weighted by molar-refractivity contribution is 0.0527. The number of nitrogens with zero attached hydrogens (tertiary/aromatic N) is 1. The van der Waals surface area contributed by atoms with Crippen LogP contribution in [-0.2, 0) is 11.2 Å². The molecular formula is C16H16ClNO2. The number of aromatic nitrogens is 1. The second kappa shape index (κ2) is 6.06. The molecule has 0 atom stereocenters. The smallest absolute Gasteiger partial charge is 0.339 e. The molecule has 1 heterocycles. The predicted molar refractivity (Wildman–Crippen MR) is 81.3 cm³/mol. The summed E-state index contributed by atoms with van der Waals surface area (Å²) in [4.78, 5) is 16.8. The molecule has 104 valence electrons. The number of allylic oxidation sites excluding steroid dienone is 1. The van der Waals surface area contributed by atoms with Crippen LogP contribution in [0, 0.1) is 6.92 Å². The van der Waals surface area contributed by atoms with Gasteiger partial charge in [-0.25, -0.2) is 4.79 Å². The van der Waals surface area contributed by atoms with Crippen LogP contribution in [0.4, 0.5) is 0 Å². The molecule has 2 aromatic rings. The van der Waals surface area contributed by atoms with Gasteiger partial charge in [0.05, 0.1) is 17.7 Å². The number of aryl methyl sites for hydroxylation is 1. The summed E-state index contributed by atoms with van der Waals surface area (Å²) in [6, 6.07) is 5.33. The van der Waals surface area contributed by atoms with Crippen molar-refractivity contribution in [2.24, 2.45) is 0 Å². The molecule has 0 aliphatic rings. The Morgan fingerprint density at radius 3 is 2.90 bits per heavy atom. The zero-order valence-corrected chi connectivity index (χ0v) is 12.3. The fourth-order valence-electron chi connectivity index (χ4n) is 2.23. The van der Waals surface area contributed by atoms with Gasteiger partial charge < -0.3 is 4.74 Å². The number of pyridine rings is 1. The van der Waals surface area contributed by atoms with Gasteiger partial charge in [0.15, 0.2) is 0 Å². The molecule has 0 saturated heterocycles. The number of halogens is 1. The van der Waals surface area contributed by atoms with E-state index in [1.807, 2.05) is 13.0 Å². The highest BCUT2D eigenvalue weighted by Gasteiger charge is 2.19. The van der Waals surface area contributed by atoms with Crippen LogP contribution >= 0.6 is 11.6 Å². The Morgan fingerprint density at radius 2 is 2.25 bits per heavy atom. The first kappa shape index (κ1) is 14.5. The van der Waals surface area contributed by atoms with Gasteiger partial charge in [0.25, 0.3) is 0 Å². The third-order valence-electron chi connectivity index (χ3n) is 3.08. The van der Waals surface area contributed by atoms with Gasteiger partial charge in [-0.15, -0.1) is 6.58 Å². The highest BCUT2D eigenvalue weighted by atomic mass is 35.5. The summed E-state index contributed by atoms with van der Waals surface area (Å²) >= 11 is 6.04. The minimum Gasteiger partial charge on any atom is -0.462 e. The number of ether oxygens (including phenoxy) is 1. The van der Waals surface area contributed by atoms with E-state index in [9.17, 15) is 4.79 Å². The standard InChI is InChI=1S/C16H16ClNO2/c1-4-6-12-10(3)18-14-8-7-11(17)9-13(14)15(12)16(19)20-5-2/h4,7-9H,1,5-6H2,2-3H3. The first-order valence-electron chi connectivity index (χ1n) is 6.45. The Hall–Kier alpha value is -1.87. The normalized spacial score (nSPS) is 10.6. The van der Waals surface area contributed by atoms with Gasteiger partial charge in [0.1, 0.15) is 0 Å². The van der Waals surface area contributed by atoms with Crippen LogP contribution in [0.5, 0.6) is 0 Å². The molecule has 0 fully saturated rings. The highest BCUT2D eigenvalue weighted by Crippen LogP contribution is 2.27. The molecule has 20 heavy (non-hydrogen) atoms. The molecule has 0 aliphatic carbocycles. The minimum absolute atomic E-state index is 0.329. The molecule has 3 nitrogen and oxygen atoms in total. The Balaban J connectivity index is 2.80. The number of rotatable bonds is 4. The highest BCUT2D eigenvalue weighted by molar-refractivity contribution is 6.31. The summed E-state index contributed by atoms with van der Waals surface area (Å²) in [5.41, 5.74) is 2.93. The third-order valence-corrected chi connectivity index (χ3v) is 3.32. The predicted octanol–water partition coefficient (Wildman–Crippen LogP) is 4.10. The minimum atomic E-state index is -0.345. The van der Waals surface area contributed by atoms with E-state index in [4.69, 9.17) is 16.3 Å². The van der Waals surface area contributed by atoms with Crippen LogP contribution < -0.4 is 0 Å². The molecule has 4 heteroatoms. The molecule has 0 radical (unpaired) electrons. The lowest BCUT2D eigenvalue weighted by Gasteiger charge is -2.13. The summed E-state index contributed by atoms with van der Waals surface area (Å²) in [6.45, 7) is 7.73. The van der Waals surface area contributed by atoms with Crippen molar-refractivity contribution < 1.29 is 9.53 Å². The van der Waals surface area contributed by atoms with Gasteiger partial charge in [0, 0.05) is 16.1 Å². The SMILES string of the molecule is C=CCc1c(C)nc2ccc(Cl)cc2c1C(=O)OCC. The Labute approximate surface area is 123 Å². The van der Waals surface area contributed by atoms with Crippen molar-refractivity contribution in [1.29, 1.82) is 0 Å². The molecule has 0 bridgehead atoms.